The normalized spacial score (nSPS) is 10.5. The Balaban J connectivity index is 1.55. The molecule has 0 atom stereocenters. The standard InChI is InChI=1S/C21H23N3O2/c1-2-5-21(25)24-17-10-8-16(9-11-17)12-13-26-20-7-4-3-6-18(20)19-14-22-15-23-19/h3-4,6-11,14-15H,2,5,12-13H2,1H3,(H,22,23)(H,24,25). The second kappa shape index (κ2) is 8.85. The number of nitrogens with one attached hydrogen (secondary N) is 2. The molecule has 0 spiro atoms. The Morgan fingerprint density at radius 2 is 1.96 bits per heavy atom. The Morgan fingerprint density at radius 3 is 2.69 bits per heavy atom. The molecule has 1 aromatic heterocycles. The van der Waals surface area contributed by atoms with Crippen molar-refractivity contribution in [3.05, 3.63) is 66.6 Å². The number of carbonyl (C=O) groups is 1. The number of H-pyrrole nitrogens is 1. The summed E-state index contributed by atoms with van der Waals surface area (Å²) in [6, 6.07) is 15.8. The lowest BCUT2D eigenvalue weighted by molar-refractivity contribution is -0.116. The maximum Gasteiger partial charge on any atom is 0.224 e. The third kappa shape index (κ3) is 4.72. The van der Waals surface area contributed by atoms with Crippen LogP contribution in [0.4, 0.5) is 5.69 Å². The van der Waals surface area contributed by atoms with E-state index >= 15 is 0 Å². The lowest BCUT2D eigenvalue weighted by Crippen LogP contribution is -2.10. The number of carbonyl (C=O) groups excluding carboxylic acids is 1. The van der Waals surface area contributed by atoms with Crippen molar-refractivity contribution in [2.75, 3.05) is 11.9 Å². The molecular weight excluding hydrogens is 326 g/mol. The lowest BCUT2D eigenvalue weighted by atomic mass is 10.1. The van der Waals surface area contributed by atoms with Crippen molar-refractivity contribution in [2.24, 2.45) is 0 Å². The molecule has 3 aromatic rings. The number of para-hydroxylation sites is 1. The van der Waals surface area contributed by atoms with Gasteiger partial charge in [0.25, 0.3) is 0 Å². The molecule has 26 heavy (non-hydrogen) atoms. The van der Waals surface area contributed by atoms with Crippen LogP contribution in [0.2, 0.25) is 0 Å². The second-order valence-corrected chi connectivity index (χ2v) is 6.04. The molecule has 0 saturated heterocycles. The van der Waals surface area contributed by atoms with Gasteiger partial charge in [-0.15, -0.1) is 0 Å². The number of rotatable bonds is 8. The van der Waals surface area contributed by atoms with E-state index in [0.717, 1.165) is 41.1 Å². The summed E-state index contributed by atoms with van der Waals surface area (Å²) in [5.74, 6) is 0.876. The summed E-state index contributed by atoms with van der Waals surface area (Å²) in [5.41, 5.74) is 3.84. The molecule has 1 amide bonds. The minimum Gasteiger partial charge on any atom is -0.493 e. The number of benzene rings is 2. The molecule has 2 N–H and O–H groups in total. The van der Waals surface area contributed by atoms with E-state index in [1.54, 1.807) is 6.33 Å². The summed E-state index contributed by atoms with van der Waals surface area (Å²) in [7, 11) is 0. The smallest absolute Gasteiger partial charge is 0.224 e. The summed E-state index contributed by atoms with van der Waals surface area (Å²) >= 11 is 0. The maximum atomic E-state index is 11.6. The van der Waals surface area contributed by atoms with Gasteiger partial charge in [0.2, 0.25) is 5.91 Å². The number of hydrogen-bond donors (Lipinski definition) is 2. The molecule has 5 heteroatoms. The van der Waals surface area contributed by atoms with Crippen LogP contribution in [0.1, 0.15) is 25.3 Å². The van der Waals surface area contributed by atoms with Gasteiger partial charge >= 0.3 is 0 Å². The first-order valence-electron chi connectivity index (χ1n) is 8.86. The zero-order chi connectivity index (χ0) is 18.2. The molecule has 0 radical (unpaired) electrons. The number of imidazole rings is 1. The van der Waals surface area contributed by atoms with E-state index in [1.165, 1.54) is 0 Å². The molecule has 1 heterocycles. The van der Waals surface area contributed by atoms with Crippen molar-refractivity contribution in [3.63, 3.8) is 0 Å². The number of ether oxygens (including phenoxy) is 1. The Bertz CT molecular complexity index is 827. The minimum absolute atomic E-state index is 0.0542. The second-order valence-electron chi connectivity index (χ2n) is 6.04. The fourth-order valence-corrected chi connectivity index (χ4v) is 2.70. The van der Waals surface area contributed by atoms with Crippen LogP contribution in [0.5, 0.6) is 5.75 Å². The van der Waals surface area contributed by atoms with E-state index < -0.39 is 0 Å². The minimum atomic E-state index is 0.0542. The quantitative estimate of drug-likeness (QED) is 0.632. The first kappa shape index (κ1) is 17.7. The highest BCUT2D eigenvalue weighted by Crippen LogP contribution is 2.28. The van der Waals surface area contributed by atoms with Gasteiger partial charge in [-0.1, -0.05) is 31.2 Å². The van der Waals surface area contributed by atoms with Gasteiger partial charge in [-0.2, -0.15) is 0 Å². The van der Waals surface area contributed by atoms with Crippen molar-refractivity contribution in [1.29, 1.82) is 0 Å². The fraction of sp³-hybridized carbons (Fsp3) is 0.238. The summed E-state index contributed by atoms with van der Waals surface area (Å²) in [4.78, 5) is 18.9. The van der Waals surface area contributed by atoms with Gasteiger partial charge in [0, 0.05) is 30.3 Å². The molecule has 0 saturated carbocycles. The molecule has 0 unspecified atom stereocenters. The van der Waals surface area contributed by atoms with Crippen molar-refractivity contribution >= 4 is 11.6 Å². The van der Waals surface area contributed by atoms with Crippen LogP contribution in [0.3, 0.4) is 0 Å². The molecule has 0 bridgehead atoms. The van der Waals surface area contributed by atoms with Gasteiger partial charge in [-0.25, -0.2) is 4.98 Å². The lowest BCUT2D eigenvalue weighted by Gasteiger charge is -2.10. The highest BCUT2D eigenvalue weighted by molar-refractivity contribution is 5.90. The topological polar surface area (TPSA) is 67.0 Å². The molecule has 0 fully saturated rings. The van der Waals surface area contributed by atoms with Crippen molar-refractivity contribution in [2.45, 2.75) is 26.2 Å². The average Bonchev–Trinajstić information content (AvgIpc) is 3.18. The highest BCUT2D eigenvalue weighted by Gasteiger charge is 2.07. The predicted molar refractivity (Wildman–Crippen MR) is 103 cm³/mol. The Morgan fingerprint density at radius 1 is 1.15 bits per heavy atom. The van der Waals surface area contributed by atoms with Gasteiger partial charge in [-0.05, 0) is 36.2 Å². The maximum absolute atomic E-state index is 11.6. The van der Waals surface area contributed by atoms with E-state index in [9.17, 15) is 4.79 Å². The summed E-state index contributed by atoms with van der Waals surface area (Å²) < 4.78 is 5.97. The van der Waals surface area contributed by atoms with Gasteiger partial charge < -0.3 is 15.0 Å². The van der Waals surface area contributed by atoms with Crippen LogP contribution in [-0.4, -0.2) is 22.5 Å². The zero-order valence-corrected chi connectivity index (χ0v) is 14.9. The number of nitrogens with zero attached hydrogens (tertiary/aromatic N) is 1. The van der Waals surface area contributed by atoms with Crippen LogP contribution < -0.4 is 10.1 Å². The third-order valence-electron chi connectivity index (χ3n) is 4.02. The third-order valence-corrected chi connectivity index (χ3v) is 4.02. The van der Waals surface area contributed by atoms with E-state index in [-0.39, 0.29) is 5.91 Å². The first-order valence-corrected chi connectivity index (χ1v) is 8.86. The summed E-state index contributed by atoms with van der Waals surface area (Å²) in [6.45, 7) is 2.57. The molecule has 5 nitrogen and oxygen atoms in total. The van der Waals surface area contributed by atoms with E-state index in [2.05, 4.69) is 15.3 Å². The number of aromatic amines is 1. The van der Waals surface area contributed by atoms with Gasteiger partial charge in [0.05, 0.1) is 18.6 Å². The van der Waals surface area contributed by atoms with Crippen LogP contribution in [0.15, 0.2) is 61.1 Å². The summed E-state index contributed by atoms with van der Waals surface area (Å²) in [5, 5.41) is 2.89. The van der Waals surface area contributed by atoms with Crippen molar-refractivity contribution in [1.82, 2.24) is 9.97 Å². The van der Waals surface area contributed by atoms with Crippen molar-refractivity contribution in [3.8, 4) is 17.0 Å². The van der Waals surface area contributed by atoms with Gasteiger partial charge in [0.15, 0.2) is 0 Å². The predicted octanol–water partition coefficient (Wildman–Crippen LogP) is 4.44. The Labute approximate surface area is 153 Å². The molecule has 134 valence electrons. The van der Waals surface area contributed by atoms with Crippen LogP contribution in [0, 0.1) is 0 Å². The van der Waals surface area contributed by atoms with Crippen LogP contribution >= 0.6 is 0 Å². The Kier molecular flexibility index (Phi) is 6.04. The number of hydrogen-bond acceptors (Lipinski definition) is 3. The SMILES string of the molecule is CCCC(=O)Nc1ccc(CCOc2ccccc2-c2c[nH]cn2)cc1. The molecule has 3 rings (SSSR count). The molecule has 2 aromatic carbocycles. The molecule has 0 aliphatic carbocycles. The van der Waals surface area contributed by atoms with Crippen molar-refractivity contribution < 1.29 is 9.53 Å². The average molecular weight is 349 g/mol. The molecule has 0 aliphatic rings. The first-order chi connectivity index (χ1) is 12.8. The largest absolute Gasteiger partial charge is 0.493 e. The van der Waals surface area contributed by atoms with E-state index in [1.807, 2.05) is 61.7 Å². The van der Waals surface area contributed by atoms with Gasteiger partial charge in [0.1, 0.15) is 5.75 Å². The van der Waals surface area contributed by atoms with E-state index in [0.29, 0.717) is 13.0 Å². The Hall–Kier alpha value is -3.08. The van der Waals surface area contributed by atoms with Crippen LogP contribution in [0.25, 0.3) is 11.3 Å². The number of amides is 1. The fourth-order valence-electron chi connectivity index (χ4n) is 2.70. The zero-order valence-electron chi connectivity index (χ0n) is 14.9. The van der Waals surface area contributed by atoms with E-state index in [4.69, 9.17) is 4.74 Å². The summed E-state index contributed by atoms with van der Waals surface area (Å²) in [6.07, 6.45) is 5.70. The molecular formula is C21H23N3O2. The van der Waals surface area contributed by atoms with Crippen LogP contribution in [-0.2, 0) is 11.2 Å². The number of anilines is 1. The highest BCUT2D eigenvalue weighted by atomic mass is 16.5. The van der Waals surface area contributed by atoms with Gasteiger partial charge in [-0.3, -0.25) is 4.79 Å². The molecule has 0 aliphatic heterocycles. The number of aromatic nitrogens is 2. The monoisotopic (exact) mass is 349 g/mol.